The number of fused-ring (bicyclic) bond motifs is 1. The van der Waals surface area contributed by atoms with E-state index in [1.807, 2.05) is 6.20 Å². The van der Waals surface area contributed by atoms with Gasteiger partial charge in [-0.25, -0.2) is 9.97 Å². The second-order valence-corrected chi connectivity index (χ2v) is 4.79. The molecule has 0 spiro atoms. The number of piperidine rings is 1. The third kappa shape index (κ3) is 2.25. The summed E-state index contributed by atoms with van der Waals surface area (Å²) in [5.41, 5.74) is 8.25. The standard InChI is InChI=1S/C12H18N4O/c13-10-2-1-4-16(7-10)12-14-6-9-8-17-5-3-11(9)15-12/h6,10H,1-5,7-8,13H2. The fourth-order valence-corrected chi connectivity index (χ4v) is 2.46. The predicted molar refractivity (Wildman–Crippen MR) is 64.8 cm³/mol. The van der Waals surface area contributed by atoms with Crippen molar-refractivity contribution in [1.82, 2.24) is 9.97 Å². The smallest absolute Gasteiger partial charge is 0.225 e. The molecule has 1 fully saturated rings. The van der Waals surface area contributed by atoms with E-state index < -0.39 is 0 Å². The average molecular weight is 234 g/mol. The lowest BCUT2D eigenvalue weighted by molar-refractivity contribution is 0.109. The van der Waals surface area contributed by atoms with Crippen LogP contribution >= 0.6 is 0 Å². The molecule has 0 aliphatic carbocycles. The average Bonchev–Trinajstić information content (AvgIpc) is 2.38. The normalized spacial score (nSPS) is 24.5. The first-order valence-corrected chi connectivity index (χ1v) is 6.26. The maximum atomic E-state index is 5.98. The van der Waals surface area contributed by atoms with E-state index in [-0.39, 0.29) is 6.04 Å². The summed E-state index contributed by atoms with van der Waals surface area (Å²) in [7, 11) is 0. The van der Waals surface area contributed by atoms with Crippen LogP contribution in [0.2, 0.25) is 0 Å². The largest absolute Gasteiger partial charge is 0.376 e. The number of nitrogens with two attached hydrogens (primary N) is 1. The molecule has 0 bridgehead atoms. The van der Waals surface area contributed by atoms with Crippen LogP contribution in [0.4, 0.5) is 5.95 Å². The van der Waals surface area contributed by atoms with Crippen molar-refractivity contribution in [3.05, 3.63) is 17.5 Å². The summed E-state index contributed by atoms with van der Waals surface area (Å²) < 4.78 is 5.38. The Kier molecular flexibility index (Phi) is 2.94. The second-order valence-electron chi connectivity index (χ2n) is 4.79. The van der Waals surface area contributed by atoms with Gasteiger partial charge in [0.25, 0.3) is 0 Å². The third-order valence-electron chi connectivity index (χ3n) is 3.42. The van der Waals surface area contributed by atoms with Crippen LogP contribution in [-0.2, 0) is 17.8 Å². The highest BCUT2D eigenvalue weighted by atomic mass is 16.5. The van der Waals surface area contributed by atoms with Gasteiger partial charge in [-0.2, -0.15) is 0 Å². The van der Waals surface area contributed by atoms with Gasteiger partial charge in [-0.15, -0.1) is 0 Å². The SMILES string of the molecule is NC1CCCN(c2ncc3c(n2)CCOC3)C1. The Balaban J connectivity index is 1.83. The van der Waals surface area contributed by atoms with Gasteiger partial charge in [-0.05, 0) is 12.8 Å². The van der Waals surface area contributed by atoms with Gasteiger partial charge < -0.3 is 15.4 Å². The highest BCUT2D eigenvalue weighted by Crippen LogP contribution is 2.19. The lowest BCUT2D eigenvalue weighted by atomic mass is 10.1. The van der Waals surface area contributed by atoms with Gasteiger partial charge >= 0.3 is 0 Å². The zero-order chi connectivity index (χ0) is 11.7. The van der Waals surface area contributed by atoms with E-state index in [0.29, 0.717) is 6.61 Å². The minimum atomic E-state index is 0.256. The summed E-state index contributed by atoms with van der Waals surface area (Å²) in [5.74, 6) is 0.834. The Morgan fingerprint density at radius 3 is 3.29 bits per heavy atom. The summed E-state index contributed by atoms with van der Waals surface area (Å²) in [4.78, 5) is 11.3. The van der Waals surface area contributed by atoms with Crippen molar-refractivity contribution >= 4 is 5.95 Å². The van der Waals surface area contributed by atoms with Crippen LogP contribution in [0.5, 0.6) is 0 Å². The number of ether oxygens (including phenoxy) is 1. The number of nitrogens with zero attached hydrogens (tertiary/aromatic N) is 3. The molecule has 3 heterocycles. The first-order chi connectivity index (χ1) is 8.33. The van der Waals surface area contributed by atoms with Crippen molar-refractivity contribution in [1.29, 1.82) is 0 Å². The molecule has 0 radical (unpaired) electrons. The van der Waals surface area contributed by atoms with Crippen LogP contribution in [0.25, 0.3) is 0 Å². The summed E-state index contributed by atoms with van der Waals surface area (Å²) in [6.45, 7) is 3.30. The molecule has 1 aromatic rings. The van der Waals surface area contributed by atoms with Crippen LogP contribution in [-0.4, -0.2) is 35.7 Å². The zero-order valence-corrected chi connectivity index (χ0v) is 9.93. The molecule has 2 aliphatic rings. The monoisotopic (exact) mass is 234 g/mol. The maximum Gasteiger partial charge on any atom is 0.225 e. The molecule has 1 aromatic heterocycles. The minimum absolute atomic E-state index is 0.256. The van der Waals surface area contributed by atoms with Gasteiger partial charge in [0, 0.05) is 37.3 Å². The predicted octanol–water partition coefficient (Wildman–Crippen LogP) is 0.477. The number of anilines is 1. The summed E-state index contributed by atoms with van der Waals surface area (Å²) >= 11 is 0. The molecule has 0 saturated carbocycles. The minimum Gasteiger partial charge on any atom is -0.376 e. The van der Waals surface area contributed by atoms with Crippen LogP contribution < -0.4 is 10.6 Å². The molecule has 92 valence electrons. The summed E-state index contributed by atoms with van der Waals surface area (Å²) in [6.07, 6.45) is 5.03. The molecule has 3 rings (SSSR count). The Labute approximate surface area is 101 Å². The maximum absolute atomic E-state index is 5.98. The van der Waals surface area contributed by atoms with Crippen molar-refractivity contribution in [2.45, 2.75) is 31.9 Å². The molecule has 1 atom stereocenters. The number of rotatable bonds is 1. The van der Waals surface area contributed by atoms with E-state index in [2.05, 4.69) is 14.9 Å². The Morgan fingerprint density at radius 2 is 2.41 bits per heavy atom. The van der Waals surface area contributed by atoms with Gasteiger partial charge in [-0.1, -0.05) is 0 Å². The Bertz CT molecular complexity index is 409. The van der Waals surface area contributed by atoms with Gasteiger partial charge in [-0.3, -0.25) is 0 Å². The van der Waals surface area contributed by atoms with Crippen molar-refractivity contribution < 1.29 is 4.74 Å². The van der Waals surface area contributed by atoms with E-state index in [1.165, 1.54) is 0 Å². The molecular formula is C12H18N4O. The number of aromatic nitrogens is 2. The van der Waals surface area contributed by atoms with E-state index >= 15 is 0 Å². The van der Waals surface area contributed by atoms with Gasteiger partial charge in [0.15, 0.2) is 0 Å². The summed E-state index contributed by atoms with van der Waals surface area (Å²) in [5, 5.41) is 0. The van der Waals surface area contributed by atoms with Crippen molar-refractivity contribution in [3.63, 3.8) is 0 Å². The van der Waals surface area contributed by atoms with Crippen LogP contribution in [0.1, 0.15) is 24.1 Å². The third-order valence-corrected chi connectivity index (χ3v) is 3.42. The molecular weight excluding hydrogens is 216 g/mol. The molecule has 0 amide bonds. The zero-order valence-electron chi connectivity index (χ0n) is 9.93. The van der Waals surface area contributed by atoms with Crippen LogP contribution in [0, 0.1) is 0 Å². The molecule has 1 unspecified atom stereocenters. The fourth-order valence-electron chi connectivity index (χ4n) is 2.46. The highest BCUT2D eigenvalue weighted by molar-refractivity contribution is 5.34. The van der Waals surface area contributed by atoms with E-state index in [4.69, 9.17) is 10.5 Å². The molecule has 5 nitrogen and oxygen atoms in total. The summed E-state index contributed by atoms with van der Waals surface area (Å²) in [6, 6.07) is 0.256. The van der Waals surface area contributed by atoms with Gasteiger partial charge in [0.2, 0.25) is 5.95 Å². The lowest BCUT2D eigenvalue weighted by Crippen LogP contribution is -2.43. The van der Waals surface area contributed by atoms with Crippen molar-refractivity contribution in [2.75, 3.05) is 24.6 Å². The molecule has 1 saturated heterocycles. The molecule has 0 aromatic carbocycles. The molecule has 2 aliphatic heterocycles. The fraction of sp³-hybridized carbons (Fsp3) is 0.667. The van der Waals surface area contributed by atoms with Crippen LogP contribution in [0.15, 0.2) is 6.20 Å². The van der Waals surface area contributed by atoms with Gasteiger partial charge in [0.1, 0.15) is 0 Å². The number of hydrogen-bond acceptors (Lipinski definition) is 5. The topological polar surface area (TPSA) is 64.3 Å². The van der Waals surface area contributed by atoms with E-state index in [9.17, 15) is 0 Å². The molecule has 5 heteroatoms. The number of hydrogen-bond donors (Lipinski definition) is 1. The first kappa shape index (κ1) is 10.9. The van der Waals surface area contributed by atoms with Crippen molar-refractivity contribution in [2.24, 2.45) is 5.73 Å². The Morgan fingerprint density at radius 1 is 1.47 bits per heavy atom. The first-order valence-electron chi connectivity index (χ1n) is 6.26. The quantitative estimate of drug-likeness (QED) is 0.765. The van der Waals surface area contributed by atoms with Gasteiger partial charge in [0.05, 0.1) is 18.9 Å². The van der Waals surface area contributed by atoms with E-state index in [0.717, 1.165) is 56.2 Å². The van der Waals surface area contributed by atoms with E-state index in [1.54, 1.807) is 0 Å². The second kappa shape index (κ2) is 4.58. The Hall–Kier alpha value is -1.20. The van der Waals surface area contributed by atoms with Crippen LogP contribution in [0.3, 0.4) is 0 Å². The highest BCUT2D eigenvalue weighted by Gasteiger charge is 2.20. The lowest BCUT2D eigenvalue weighted by Gasteiger charge is -2.31. The van der Waals surface area contributed by atoms with Crippen molar-refractivity contribution in [3.8, 4) is 0 Å². The molecule has 17 heavy (non-hydrogen) atoms. The molecule has 2 N–H and O–H groups in total.